The van der Waals surface area contributed by atoms with E-state index < -0.39 is 0 Å². The highest BCUT2D eigenvalue weighted by molar-refractivity contribution is 5.98. The van der Waals surface area contributed by atoms with Gasteiger partial charge in [-0.25, -0.2) is 15.0 Å². The molecule has 0 N–H and O–H groups in total. The van der Waals surface area contributed by atoms with E-state index in [0.29, 0.717) is 38.1 Å². The second-order valence-electron chi connectivity index (χ2n) is 5.06. The summed E-state index contributed by atoms with van der Waals surface area (Å²) in [6, 6.07) is 14.2. The van der Waals surface area contributed by atoms with E-state index in [9.17, 15) is 0 Å². The molecule has 22 heavy (non-hydrogen) atoms. The van der Waals surface area contributed by atoms with Crippen molar-refractivity contribution in [2.75, 3.05) is 26.3 Å². The molecule has 3 heterocycles. The van der Waals surface area contributed by atoms with Crippen LogP contribution in [0.1, 0.15) is 11.4 Å². The highest BCUT2D eigenvalue weighted by atomic mass is 16.5. The van der Waals surface area contributed by atoms with Crippen molar-refractivity contribution >= 4 is 11.8 Å². The quantitative estimate of drug-likeness (QED) is 0.872. The molecule has 2 aromatic rings. The van der Waals surface area contributed by atoms with Gasteiger partial charge in [-0.15, -0.1) is 0 Å². The monoisotopic (exact) mass is 293 g/mol. The summed E-state index contributed by atoms with van der Waals surface area (Å²) in [6.07, 6.45) is 0. The Balaban J connectivity index is 1.83. The number of rotatable bonds is 3. The molecule has 5 nitrogen and oxygen atoms in total. The number of ether oxygens (including phenoxy) is 2. The Bertz CT molecular complexity index is 712. The SMILES string of the molecule is c1ccc(-c2cc(C3=NCCO3)nc(C3=NCCO3)c2)cc1. The maximum Gasteiger partial charge on any atom is 0.235 e. The molecule has 2 aliphatic rings. The zero-order valence-electron chi connectivity index (χ0n) is 12.0. The van der Waals surface area contributed by atoms with Gasteiger partial charge in [-0.1, -0.05) is 30.3 Å². The third kappa shape index (κ3) is 2.45. The van der Waals surface area contributed by atoms with Gasteiger partial charge in [0.1, 0.15) is 24.6 Å². The Morgan fingerprint density at radius 2 is 1.32 bits per heavy atom. The summed E-state index contributed by atoms with van der Waals surface area (Å²) in [5, 5.41) is 0. The van der Waals surface area contributed by atoms with Crippen LogP contribution >= 0.6 is 0 Å². The van der Waals surface area contributed by atoms with Gasteiger partial charge in [0.05, 0.1) is 13.1 Å². The van der Waals surface area contributed by atoms with Crippen molar-refractivity contribution in [2.24, 2.45) is 9.98 Å². The van der Waals surface area contributed by atoms with Gasteiger partial charge in [0.25, 0.3) is 0 Å². The molecule has 4 rings (SSSR count). The molecule has 0 spiro atoms. The van der Waals surface area contributed by atoms with Crippen LogP contribution in [0, 0.1) is 0 Å². The second kappa shape index (κ2) is 5.60. The first-order valence-corrected chi connectivity index (χ1v) is 7.33. The molecule has 0 fully saturated rings. The molecule has 1 aromatic carbocycles. The average Bonchev–Trinajstić information content (AvgIpc) is 3.29. The molecular formula is C17H15N3O2. The fourth-order valence-corrected chi connectivity index (χ4v) is 2.53. The van der Waals surface area contributed by atoms with Crippen LogP contribution in [-0.4, -0.2) is 43.1 Å². The first-order valence-electron chi connectivity index (χ1n) is 7.33. The minimum absolute atomic E-state index is 0.595. The Labute approximate surface area is 128 Å². The molecule has 0 amide bonds. The largest absolute Gasteiger partial charge is 0.474 e. The highest BCUT2D eigenvalue weighted by Gasteiger charge is 2.19. The van der Waals surface area contributed by atoms with Crippen molar-refractivity contribution < 1.29 is 9.47 Å². The van der Waals surface area contributed by atoms with E-state index in [4.69, 9.17) is 9.47 Å². The third-order valence-electron chi connectivity index (χ3n) is 3.54. The van der Waals surface area contributed by atoms with E-state index in [1.54, 1.807) is 0 Å². The van der Waals surface area contributed by atoms with Crippen LogP contribution in [0.25, 0.3) is 11.1 Å². The number of pyridine rings is 1. The lowest BCUT2D eigenvalue weighted by atomic mass is 10.0. The van der Waals surface area contributed by atoms with Crippen molar-refractivity contribution in [1.29, 1.82) is 0 Å². The molecule has 0 atom stereocenters. The van der Waals surface area contributed by atoms with Crippen molar-refractivity contribution in [3.8, 4) is 11.1 Å². The lowest BCUT2D eigenvalue weighted by molar-refractivity contribution is 0.345. The Kier molecular flexibility index (Phi) is 3.31. The predicted octanol–water partition coefficient (Wildman–Crippen LogP) is 2.30. The molecule has 0 aliphatic carbocycles. The van der Waals surface area contributed by atoms with Gasteiger partial charge in [0.2, 0.25) is 11.8 Å². The molecule has 0 saturated carbocycles. The molecule has 2 aliphatic heterocycles. The van der Waals surface area contributed by atoms with Crippen LogP contribution in [-0.2, 0) is 9.47 Å². The van der Waals surface area contributed by atoms with Gasteiger partial charge in [0.15, 0.2) is 0 Å². The minimum atomic E-state index is 0.595. The van der Waals surface area contributed by atoms with Gasteiger partial charge < -0.3 is 9.47 Å². The summed E-state index contributed by atoms with van der Waals surface area (Å²) in [5.41, 5.74) is 3.63. The van der Waals surface area contributed by atoms with Gasteiger partial charge in [0, 0.05) is 0 Å². The fraction of sp³-hybridized carbons (Fsp3) is 0.235. The van der Waals surface area contributed by atoms with Crippen molar-refractivity contribution in [3.63, 3.8) is 0 Å². The normalized spacial score (nSPS) is 16.7. The Morgan fingerprint density at radius 3 is 1.82 bits per heavy atom. The molecule has 110 valence electrons. The summed E-state index contributed by atoms with van der Waals surface area (Å²) >= 11 is 0. The maximum absolute atomic E-state index is 5.55. The van der Waals surface area contributed by atoms with Gasteiger partial charge in [-0.3, -0.25) is 0 Å². The predicted molar refractivity (Wildman–Crippen MR) is 84.4 cm³/mol. The van der Waals surface area contributed by atoms with E-state index in [2.05, 4.69) is 27.1 Å². The zero-order chi connectivity index (χ0) is 14.8. The van der Waals surface area contributed by atoms with E-state index in [-0.39, 0.29) is 0 Å². The average molecular weight is 293 g/mol. The van der Waals surface area contributed by atoms with E-state index in [1.165, 1.54) is 0 Å². The Hall–Kier alpha value is -2.69. The molecule has 0 saturated heterocycles. The van der Waals surface area contributed by atoms with Gasteiger partial charge in [-0.2, -0.15) is 0 Å². The number of hydrogen-bond donors (Lipinski definition) is 0. The smallest absolute Gasteiger partial charge is 0.235 e. The van der Waals surface area contributed by atoms with Crippen LogP contribution in [0.3, 0.4) is 0 Å². The van der Waals surface area contributed by atoms with Crippen LogP contribution in [0.15, 0.2) is 52.4 Å². The van der Waals surface area contributed by atoms with Crippen LogP contribution < -0.4 is 0 Å². The molecule has 5 heteroatoms. The van der Waals surface area contributed by atoms with E-state index >= 15 is 0 Å². The third-order valence-corrected chi connectivity index (χ3v) is 3.54. The number of hydrogen-bond acceptors (Lipinski definition) is 5. The van der Waals surface area contributed by atoms with Crippen LogP contribution in [0.2, 0.25) is 0 Å². The first-order chi connectivity index (χ1) is 10.9. The second-order valence-corrected chi connectivity index (χ2v) is 5.06. The van der Waals surface area contributed by atoms with Crippen molar-refractivity contribution in [3.05, 3.63) is 53.9 Å². The lowest BCUT2D eigenvalue weighted by Crippen LogP contribution is -2.11. The molecule has 0 unspecified atom stereocenters. The summed E-state index contributed by atoms with van der Waals surface area (Å²) in [4.78, 5) is 13.3. The van der Waals surface area contributed by atoms with Crippen molar-refractivity contribution in [1.82, 2.24) is 4.98 Å². The van der Waals surface area contributed by atoms with Gasteiger partial charge >= 0.3 is 0 Å². The minimum Gasteiger partial charge on any atom is -0.474 e. The summed E-state index contributed by atoms with van der Waals surface area (Å²) in [6.45, 7) is 2.58. The molecule has 0 bridgehead atoms. The standard InChI is InChI=1S/C17H15N3O2/c1-2-4-12(5-3-1)13-10-14(16-18-6-8-21-16)20-15(11-13)17-19-7-9-22-17/h1-5,10-11H,6-9H2. The number of benzene rings is 1. The maximum atomic E-state index is 5.55. The summed E-state index contributed by atoms with van der Waals surface area (Å²) in [7, 11) is 0. The molecule has 1 aromatic heterocycles. The fourth-order valence-electron chi connectivity index (χ4n) is 2.53. The van der Waals surface area contributed by atoms with Crippen LogP contribution in [0.4, 0.5) is 0 Å². The topological polar surface area (TPSA) is 56.1 Å². The van der Waals surface area contributed by atoms with Crippen molar-refractivity contribution in [2.45, 2.75) is 0 Å². The summed E-state index contributed by atoms with van der Waals surface area (Å²) in [5.74, 6) is 1.19. The first kappa shape index (κ1) is 13.0. The zero-order valence-corrected chi connectivity index (χ0v) is 12.0. The molecule has 0 radical (unpaired) electrons. The summed E-state index contributed by atoms with van der Waals surface area (Å²) < 4.78 is 11.1. The van der Waals surface area contributed by atoms with E-state index in [0.717, 1.165) is 22.5 Å². The number of nitrogens with zero attached hydrogens (tertiary/aromatic N) is 3. The number of aromatic nitrogens is 1. The van der Waals surface area contributed by atoms with Gasteiger partial charge in [-0.05, 0) is 23.3 Å². The number of aliphatic imine (C=N–C) groups is 2. The molecular weight excluding hydrogens is 278 g/mol. The van der Waals surface area contributed by atoms with Crippen LogP contribution in [0.5, 0.6) is 0 Å². The lowest BCUT2D eigenvalue weighted by Gasteiger charge is -2.09. The highest BCUT2D eigenvalue weighted by Crippen LogP contribution is 2.23. The Morgan fingerprint density at radius 1 is 0.727 bits per heavy atom. The van der Waals surface area contributed by atoms with E-state index in [1.807, 2.05) is 30.3 Å².